The zero-order valence-corrected chi connectivity index (χ0v) is 11.6. The van der Waals surface area contributed by atoms with Crippen LogP contribution in [0, 0.1) is 6.92 Å². The lowest BCUT2D eigenvalue weighted by atomic mass is 10.2. The van der Waals surface area contributed by atoms with Gasteiger partial charge in [-0.1, -0.05) is 17.7 Å². The fraction of sp³-hybridized carbons (Fsp3) is 0.167. The number of hydrogen-bond acceptors (Lipinski definition) is 3. The largest absolute Gasteiger partial charge is 0.433 e. The lowest BCUT2D eigenvalue weighted by Crippen LogP contribution is -2.10. The van der Waals surface area contributed by atoms with Crippen LogP contribution in [0.1, 0.15) is 11.3 Å². The van der Waals surface area contributed by atoms with E-state index in [-0.39, 0.29) is 5.82 Å². The lowest BCUT2D eigenvalue weighted by Gasteiger charge is -2.10. The number of aromatic nitrogens is 2. The van der Waals surface area contributed by atoms with Gasteiger partial charge in [-0.2, -0.15) is 13.2 Å². The second-order valence-corrected chi connectivity index (χ2v) is 4.74. The van der Waals surface area contributed by atoms with Crippen molar-refractivity contribution in [2.75, 3.05) is 5.32 Å². The number of rotatable bonds is 2. The SMILES string of the molecule is Cc1ccc(Nc2cc(C(F)(F)F)nc(Cl)n2)cc1Cl. The number of benzene rings is 1. The first-order valence-corrected chi connectivity index (χ1v) is 6.16. The van der Waals surface area contributed by atoms with E-state index in [0.29, 0.717) is 10.7 Å². The fourth-order valence-electron chi connectivity index (χ4n) is 1.45. The zero-order chi connectivity index (χ0) is 14.9. The molecule has 1 aromatic heterocycles. The molecule has 3 nitrogen and oxygen atoms in total. The van der Waals surface area contributed by atoms with Crippen molar-refractivity contribution in [3.05, 3.63) is 45.8 Å². The maximum absolute atomic E-state index is 12.6. The van der Waals surface area contributed by atoms with E-state index in [1.165, 1.54) is 0 Å². The second-order valence-electron chi connectivity index (χ2n) is 3.99. The van der Waals surface area contributed by atoms with Crippen LogP contribution in [0.3, 0.4) is 0 Å². The maximum Gasteiger partial charge on any atom is 0.433 e. The highest BCUT2D eigenvalue weighted by molar-refractivity contribution is 6.31. The van der Waals surface area contributed by atoms with Gasteiger partial charge in [-0.25, -0.2) is 9.97 Å². The standard InChI is InChI=1S/C12H8Cl2F3N3/c1-6-2-3-7(4-8(6)13)18-10-5-9(12(15,16)17)19-11(14)20-10/h2-5H,1H3,(H,18,19,20). The normalized spacial score (nSPS) is 11.5. The van der Waals surface area contributed by atoms with Crippen LogP contribution in [0.4, 0.5) is 24.7 Å². The summed E-state index contributed by atoms with van der Waals surface area (Å²) in [5.41, 5.74) is 0.246. The van der Waals surface area contributed by atoms with Crippen molar-refractivity contribution in [3.63, 3.8) is 0 Å². The molecule has 0 saturated heterocycles. The number of hydrogen-bond donors (Lipinski definition) is 1. The molecule has 1 aromatic carbocycles. The molecule has 0 amide bonds. The molecular weight excluding hydrogens is 314 g/mol. The van der Waals surface area contributed by atoms with E-state index in [4.69, 9.17) is 23.2 Å². The molecule has 0 spiro atoms. The van der Waals surface area contributed by atoms with Crippen LogP contribution in [0.25, 0.3) is 0 Å². The average Bonchev–Trinajstić information content (AvgIpc) is 2.32. The third-order valence-electron chi connectivity index (χ3n) is 2.43. The monoisotopic (exact) mass is 321 g/mol. The van der Waals surface area contributed by atoms with Gasteiger partial charge in [0.05, 0.1) is 0 Å². The van der Waals surface area contributed by atoms with Crippen LogP contribution >= 0.6 is 23.2 Å². The first kappa shape index (κ1) is 14.9. The molecule has 0 aliphatic carbocycles. The van der Waals surface area contributed by atoms with Gasteiger partial charge in [0.15, 0.2) is 5.69 Å². The van der Waals surface area contributed by atoms with Gasteiger partial charge in [-0.3, -0.25) is 0 Å². The molecule has 20 heavy (non-hydrogen) atoms. The Morgan fingerprint density at radius 1 is 1.10 bits per heavy atom. The Morgan fingerprint density at radius 3 is 2.40 bits per heavy atom. The van der Waals surface area contributed by atoms with Gasteiger partial charge < -0.3 is 5.32 Å². The molecule has 8 heteroatoms. The Kier molecular flexibility index (Phi) is 4.06. The third-order valence-corrected chi connectivity index (χ3v) is 3.01. The predicted octanol–water partition coefficient (Wildman–Crippen LogP) is 4.85. The van der Waals surface area contributed by atoms with Crippen LogP contribution in [0.5, 0.6) is 0 Å². The van der Waals surface area contributed by atoms with Crippen molar-refractivity contribution in [1.29, 1.82) is 0 Å². The highest BCUT2D eigenvalue weighted by Crippen LogP contribution is 2.30. The van der Waals surface area contributed by atoms with Crippen LogP contribution in [-0.4, -0.2) is 9.97 Å². The van der Waals surface area contributed by atoms with E-state index in [1.807, 2.05) is 6.92 Å². The van der Waals surface area contributed by atoms with Crippen molar-refractivity contribution in [3.8, 4) is 0 Å². The number of halogens is 5. The Morgan fingerprint density at radius 2 is 1.80 bits per heavy atom. The molecule has 0 radical (unpaired) electrons. The molecule has 1 N–H and O–H groups in total. The summed E-state index contributed by atoms with van der Waals surface area (Å²) in [5, 5.41) is 2.71. The van der Waals surface area contributed by atoms with E-state index >= 15 is 0 Å². The summed E-state index contributed by atoms with van der Waals surface area (Å²) < 4.78 is 37.8. The number of nitrogens with zero attached hydrogens (tertiary/aromatic N) is 2. The molecule has 0 aliphatic rings. The van der Waals surface area contributed by atoms with Gasteiger partial charge in [0.2, 0.25) is 5.28 Å². The summed E-state index contributed by atoms with van der Waals surface area (Å²) in [5.74, 6) is -0.0581. The molecule has 0 fully saturated rings. The summed E-state index contributed by atoms with van der Waals surface area (Å²) in [6, 6.07) is 5.77. The van der Waals surface area contributed by atoms with Crippen molar-refractivity contribution < 1.29 is 13.2 Å². The number of aryl methyl sites for hydroxylation is 1. The van der Waals surface area contributed by atoms with Crippen molar-refractivity contribution in [1.82, 2.24) is 9.97 Å². The summed E-state index contributed by atoms with van der Waals surface area (Å²) in [4.78, 5) is 6.84. The van der Waals surface area contributed by atoms with E-state index in [0.717, 1.165) is 11.6 Å². The Balaban J connectivity index is 2.33. The van der Waals surface area contributed by atoms with Gasteiger partial charge in [0, 0.05) is 16.8 Å². The van der Waals surface area contributed by atoms with Gasteiger partial charge in [0.25, 0.3) is 0 Å². The first-order chi connectivity index (χ1) is 9.25. The topological polar surface area (TPSA) is 37.8 Å². The Hall–Kier alpha value is -1.53. The molecule has 2 rings (SSSR count). The number of alkyl halides is 3. The molecule has 0 aliphatic heterocycles. The minimum absolute atomic E-state index is 0.0581. The summed E-state index contributed by atoms with van der Waals surface area (Å²) in [6.07, 6.45) is -4.59. The number of anilines is 2. The van der Waals surface area contributed by atoms with Gasteiger partial charge in [-0.05, 0) is 36.2 Å². The quantitative estimate of drug-likeness (QED) is 0.803. The minimum atomic E-state index is -4.59. The maximum atomic E-state index is 12.6. The molecule has 0 unspecified atom stereocenters. The third kappa shape index (κ3) is 3.52. The van der Waals surface area contributed by atoms with E-state index in [2.05, 4.69) is 15.3 Å². The second kappa shape index (κ2) is 5.46. The molecule has 0 saturated carbocycles. The van der Waals surface area contributed by atoms with Crippen molar-refractivity contribution in [2.45, 2.75) is 13.1 Å². The van der Waals surface area contributed by atoms with E-state index < -0.39 is 17.2 Å². The van der Waals surface area contributed by atoms with Gasteiger partial charge in [-0.15, -0.1) is 0 Å². The van der Waals surface area contributed by atoms with Crippen LogP contribution in [0.15, 0.2) is 24.3 Å². The van der Waals surface area contributed by atoms with E-state index in [1.54, 1.807) is 18.2 Å². The lowest BCUT2D eigenvalue weighted by molar-refractivity contribution is -0.141. The van der Waals surface area contributed by atoms with Gasteiger partial charge >= 0.3 is 6.18 Å². The van der Waals surface area contributed by atoms with Crippen molar-refractivity contribution in [2.24, 2.45) is 0 Å². The van der Waals surface area contributed by atoms with E-state index in [9.17, 15) is 13.2 Å². The fourth-order valence-corrected chi connectivity index (χ4v) is 1.81. The van der Waals surface area contributed by atoms with Crippen LogP contribution in [-0.2, 0) is 6.18 Å². The summed E-state index contributed by atoms with van der Waals surface area (Å²) >= 11 is 11.4. The molecular formula is C12H8Cl2F3N3. The average molecular weight is 322 g/mol. The van der Waals surface area contributed by atoms with Gasteiger partial charge in [0.1, 0.15) is 5.82 Å². The Labute approximate surface area is 122 Å². The van der Waals surface area contributed by atoms with Crippen LogP contribution < -0.4 is 5.32 Å². The highest BCUT2D eigenvalue weighted by Gasteiger charge is 2.33. The molecule has 0 bridgehead atoms. The molecule has 0 atom stereocenters. The Bertz CT molecular complexity index is 644. The number of nitrogens with one attached hydrogen (secondary N) is 1. The summed E-state index contributed by atoms with van der Waals surface area (Å²) in [7, 11) is 0. The first-order valence-electron chi connectivity index (χ1n) is 5.40. The summed E-state index contributed by atoms with van der Waals surface area (Å²) in [6.45, 7) is 1.81. The van der Waals surface area contributed by atoms with Crippen LogP contribution in [0.2, 0.25) is 10.3 Å². The molecule has 1 heterocycles. The highest BCUT2D eigenvalue weighted by atomic mass is 35.5. The molecule has 2 aromatic rings. The zero-order valence-electron chi connectivity index (χ0n) is 10.1. The molecule has 106 valence electrons. The van der Waals surface area contributed by atoms with Crippen molar-refractivity contribution >= 4 is 34.7 Å². The predicted molar refractivity (Wildman–Crippen MR) is 71.5 cm³/mol. The smallest absolute Gasteiger partial charge is 0.340 e. The minimum Gasteiger partial charge on any atom is -0.340 e.